The molecule has 1 aromatic rings. The lowest BCUT2D eigenvalue weighted by Gasteiger charge is -2.35. The molecule has 10 heteroatoms. The van der Waals surface area contributed by atoms with Crippen LogP contribution in [0.2, 0.25) is 0 Å². The Balaban J connectivity index is 1.46. The van der Waals surface area contributed by atoms with Gasteiger partial charge >= 0.3 is 0 Å². The van der Waals surface area contributed by atoms with Gasteiger partial charge in [-0.15, -0.1) is 5.10 Å². The molecule has 0 spiro atoms. The molecule has 35 heavy (non-hydrogen) atoms. The Kier molecular flexibility index (Phi) is 8.00. The van der Waals surface area contributed by atoms with Gasteiger partial charge in [-0.3, -0.25) is 13.8 Å². The highest BCUT2D eigenvalue weighted by atomic mass is 32.2. The number of carbonyl (C=O) groups is 2. The van der Waals surface area contributed by atoms with Crippen LogP contribution in [0.25, 0.3) is 0 Å². The van der Waals surface area contributed by atoms with Crippen molar-refractivity contribution in [3.63, 3.8) is 0 Å². The van der Waals surface area contributed by atoms with Gasteiger partial charge in [-0.25, -0.2) is 4.68 Å². The Morgan fingerprint density at radius 1 is 1.23 bits per heavy atom. The van der Waals surface area contributed by atoms with Gasteiger partial charge in [0.1, 0.15) is 6.04 Å². The van der Waals surface area contributed by atoms with E-state index in [-0.39, 0.29) is 42.1 Å². The van der Waals surface area contributed by atoms with Crippen molar-refractivity contribution in [1.82, 2.24) is 25.2 Å². The fourth-order valence-corrected chi connectivity index (χ4v) is 7.07. The monoisotopic (exact) mass is 507 g/mol. The maximum absolute atomic E-state index is 13.8. The summed E-state index contributed by atoms with van der Waals surface area (Å²) < 4.78 is 14.2. The average molecular weight is 508 g/mol. The molecule has 1 saturated heterocycles. The molecule has 1 aromatic heterocycles. The maximum atomic E-state index is 13.8. The number of rotatable bonds is 8. The number of nitrogens with zero attached hydrogens (tertiary/aromatic N) is 4. The molecule has 2 aliphatic carbocycles. The van der Waals surface area contributed by atoms with E-state index in [9.17, 15) is 18.9 Å². The molecule has 3 unspecified atom stereocenters. The molecule has 0 radical (unpaired) electrons. The van der Waals surface area contributed by atoms with Crippen molar-refractivity contribution < 1.29 is 18.9 Å². The quantitative estimate of drug-likeness (QED) is 0.558. The average Bonchev–Trinajstić information content (AvgIpc) is 3.43. The molecule has 0 aromatic carbocycles. The second kappa shape index (κ2) is 10.7. The van der Waals surface area contributed by atoms with Crippen LogP contribution in [0.4, 0.5) is 0 Å². The van der Waals surface area contributed by atoms with Crippen molar-refractivity contribution in [1.29, 1.82) is 0 Å². The Bertz CT molecular complexity index is 941. The number of carbonyl (C=O) groups excluding carboxylic acids is 2. The van der Waals surface area contributed by atoms with Crippen molar-refractivity contribution in [2.45, 2.75) is 114 Å². The largest absolute Gasteiger partial charge is 0.391 e. The molecule has 3 aliphatic rings. The van der Waals surface area contributed by atoms with Gasteiger partial charge in [0.05, 0.1) is 17.0 Å². The van der Waals surface area contributed by atoms with Crippen LogP contribution in [-0.2, 0) is 20.4 Å². The molecule has 9 nitrogen and oxygen atoms in total. The van der Waals surface area contributed by atoms with Crippen LogP contribution in [0.1, 0.15) is 96.7 Å². The zero-order valence-electron chi connectivity index (χ0n) is 21.5. The van der Waals surface area contributed by atoms with E-state index in [2.05, 4.69) is 15.6 Å². The fourth-order valence-electron chi connectivity index (χ4n) is 5.65. The summed E-state index contributed by atoms with van der Waals surface area (Å²) >= 11 is 0. The molecule has 0 bridgehead atoms. The number of hydrogen-bond donors (Lipinski definition) is 2. The summed E-state index contributed by atoms with van der Waals surface area (Å²) in [6.07, 6.45) is 7.70. The van der Waals surface area contributed by atoms with E-state index < -0.39 is 28.4 Å². The van der Waals surface area contributed by atoms with Crippen LogP contribution in [0.3, 0.4) is 0 Å². The van der Waals surface area contributed by atoms with Crippen molar-refractivity contribution in [3.8, 4) is 0 Å². The van der Waals surface area contributed by atoms with Gasteiger partial charge in [-0.2, -0.15) is 0 Å². The lowest BCUT2D eigenvalue weighted by Crippen LogP contribution is -2.50. The third-order valence-electron chi connectivity index (χ3n) is 7.61. The molecule has 1 aliphatic heterocycles. The maximum Gasteiger partial charge on any atom is 0.248 e. The van der Waals surface area contributed by atoms with E-state index in [1.165, 1.54) is 0 Å². The normalized spacial score (nSPS) is 29.1. The summed E-state index contributed by atoms with van der Waals surface area (Å²) in [6.45, 7) is 8.12. The minimum atomic E-state index is -0.953. The van der Waals surface area contributed by atoms with Crippen LogP contribution < -0.4 is 5.32 Å². The van der Waals surface area contributed by atoms with Crippen molar-refractivity contribution in [2.24, 2.45) is 5.41 Å². The molecule has 6 atom stereocenters. The van der Waals surface area contributed by atoms with E-state index in [1.807, 2.05) is 33.9 Å². The van der Waals surface area contributed by atoms with E-state index in [4.69, 9.17) is 0 Å². The van der Waals surface area contributed by atoms with Crippen LogP contribution >= 0.6 is 0 Å². The predicted molar refractivity (Wildman–Crippen MR) is 134 cm³/mol. The first-order valence-corrected chi connectivity index (χ1v) is 14.5. The Morgan fingerprint density at radius 3 is 2.60 bits per heavy atom. The highest BCUT2D eigenvalue weighted by molar-refractivity contribution is 7.85. The predicted octanol–water partition coefficient (Wildman–Crippen LogP) is 2.29. The van der Waals surface area contributed by atoms with E-state index in [0.29, 0.717) is 18.1 Å². The summed E-state index contributed by atoms with van der Waals surface area (Å²) in [4.78, 5) is 28.6. The van der Waals surface area contributed by atoms with Crippen molar-refractivity contribution in [2.75, 3.05) is 12.3 Å². The summed E-state index contributed by atoms with van der Waals surface area (Å²) in [6, 6.07) is -1.05. The number of hydrogen-bond acceptors (Lipinski definition) is 6. The molecule has 3 fully saturated rings. The lowest BCUT2D eigenvalue weighted by molar-refractivity contribution is -0.140. The minimum Gasteiger partial charge on any atom is -0.391 e. The topological polar surface area (TPSA) is 117 Å². The van der Waals surface area contributed by atoms with Crippen LogP contribution in [0, 0.1) is 5.41 Å². The Hall–Kier alpha value is -1.81. The van der Waals surface area contributed by atoms with Crippen molar-refractivity contribution in [3.05, 3.63) is 11.9 Å². The molecule has 2 amide bonds. The molecular weight excluding hydrogens is 466 g/mol. The number of aliphatic hydroxyl groups excluding tert-OH is 1. The first-order chi connectivity index (χ1) is 16.6. The standard InChI is InChI=1S/C25H41N5O4S/c1-5-35(34)21-9-7-6-8-19(21)26-22(32)13-17-12-18(31)14-29(17)24(33)23(25(2,3)4)30-15-20(27-28-30)16-10-11-16/h15-19,21,23,31H,5-14H2,1-4H3,(H,26,32)/t17-,18+,19?,21?,23+,35?/m0/s1. The van der Waals surface area contributed by atoms with Gasteiger partial charge < -0.3 is 15.3 Å². The zero-order chi connectivity index (χ0) is 25.3. The van der Waals surface area contributed by atoms with Gasteiger partial charge in [0, 0.05) is 53.7 Å². The summed E-state index contributed by atoms with van der Waals surface area (Å²) in [7, 11) is -0.953. The second-order valence-electron chi connectivity index (χ2n) is 11.6. The number of likely N-dealkylation sites (tertiary alicyclic amines) is 1. The van der Waals surface area contributed by atoms with Crippen LogP contribution in [-0.4, -0.2) is 76.8 Å². The summed E-state index contributed by atoms with van der Waals surface area (Å²) in [5, 5.41) is 22.2. The van der Waals surface area contributed by atoms with Gasteiger partial charge in [0.15, 0.2) is 0 Å². The van der Waals surface area contributed by atoms with E-state index >= 15 is 0 Å². The third-order valence-corrected chi connectivity index (χ3v) is 9.42. The number of aliphatic hydroxyl groups is 1. The van der Waals surface area contributed by atoms with E-state index in [1.54, 1.807) is 9.58 Å². The minimum absolute atomic E-state index is 0.0112. The molecule has 4 rings (SSSR count). The molecule has 2 heterocycles. The van der Waals surface area contributed by atoms with Gasteiger partial charge in [0.25, 0.3) is 0 Å². The van der Waals surface area contributed by atoms with Crippen LogP contribution in [0.15, 0.2) is 6.20 Å². The first kappa shape index (κ1) is 26.3. The molecule has 196 valence electrons. The number of β-amino-alcohol motifs (C(OH)–C–C–N with tert-alkyl or cyclic N) is 1. The van der Waals surface area contributed by atoms with Crippen LogP contribution in [0.5, 0.6) is 0 Å². The molecular formula is C25H41N5O4S. The fraction of sp³-hybridized carbons (Fsp3) is 0.840. The third kappa shape index (κ3) is 6.13. The Labute approximate surface area is 210 Å². The number of amides is 2. The molecule has 2 N–H and O–H groups in total. The highest BCUT2D eigenvalue weighted by Gasteiger charge is 2.44. The van der Waals surface area contributed by atoms with E-state index in [0.717, 1.165) is 44.2 Å². The second-order valence-corrected chi connectivity index (χ2v) is 13.5. The van der Waals surface area contributed by atoms with Gasteiger partial charge in [-0.1, -0.05) is 45.7 Å². The highest BCUT2D eigenvalue weighted by Crippen LogP contribution is 2.40. The summed E-state index contributed by atoms with van der Waals surface area (Å²) in [5.74, 6) is 0.750. The SMILES string of the molecule is CCS(=O)C1CCCCC1NC(=O)C[C@@H]1C[C@@H](O)CN1C(=O)[C@@H](n1cc(C2CC2)nn1)C(C)(C)C. The first-order valence-electron chi connectivity index (χ1n) is 13.1. The number of nitrogens with one attached hydrogen (secondary N) is 1. The van der Waals surface area contributed by atoms with Gasteiger partial charge in [0.2, 0.25) is 11.8 Å². The lowest BCUT2D eigenvalue weighted by atomic mass is 9.85. The molecule has 2 saturated carbocycles. The Morgan fingerprint density at radius 2 is 1.94 bits per heavy atom. The summed E-state index contributed by atoms with van der Waals surface area (Å²) in [5.41, 5.74) is 0.502. The van der Waals surface area contributed by atoms with Crippen molar-refractivity contribution >= 4 is 22.6 Å². The van der Waals surface area contributed by atoms with Gasteiger partial charge in [-0.05, 0) is 37.5 Å². The smallest absolute Gasteiger partial charge is 0.248 e. The number of aromatic nitrogens is 3. The zero-order valence-corrected chi connectivity index (χ0v) is 22.3.